The minimum atomic E-state index is -4.46. The van der Waals surface area contributed by atoms with Crippen molar-refractivity contribution in [3.8, 4) is 0 Å². The smallest absolute Gasteiger partial charge is 0.347 e. The maximum absolute atomic E-state index is 12.6. The third-order valence-corrected chi connectivity index (χ3v) is 4.14. The molecule has 0 unspecified atom stereocenters. The molecule has 0 saturated carbocycles. The Labute approximate surface area is 135 Å². The van der Waals surface area contributed by atoms with Crippen molar-refractivity contribution in [1.82, 2.24) is 20.1 Å². The molecule has 2 aromatic heterocycles. The lowest BCUT2D eigenvalue weighted by molar-refractivity contribution is -0.140. The summed E-state index contributed by atoms with van der Waals surface area (Å²) in [6.07, 6.45) is -0.274. The van der Waals surface area contributed by atoms with Crippen LogP contribution in [-0.2, 0) is 17.5 Å². The molecule has 1 atom stereocenters. The van der Waals surface area contributed by atoms with E-state index >= 15 is 0 Å². The molecule has 0 fully saturated rings. The SMILES string of the molecule is CC[C@@H](NC(=O)CCn1cc(C)cn1)c1nc(C(F)(F)F)cs1. The lowest BCUT2D eigenvalue weighted by atomic mass is 10.2. The van der Waals surface area contributed by atoms with Gasteiger partial charge in [0.05, 0.1) is 12.2 Å². The van der Waals surface area contributed by atoms with Crippen molar-refractivity contribution in [1.29, 1.82) is 0 Å². The zero-order chi connectivity index (χ0) is 17.0. The summed E-state index contributed by atoms with van der Waals surface area (Å²) in [6, 6.07) is -0.511. The van der Waals surface area contributed by atoms with Gasteiger partial charge >= 0.3 is 6.18 Å². The molecule has 0 saturated heterocycles. The molecule has 0 bridgehead atoms. The molecule has 0 aliphatic carbocycles. The molecule has 2 rings (SSSR count). The number of aromatic nitrogens is 3. The average Bonchev–Trinajstić information content (AvgIpc) is 3.11. The van der Waals surface area contributed by atoms with E-state index in [0.29, 0.717) is 13.0 Å². The molecule has 9 heteroatoms. The Bertz CT molecular complexity index is 665. The van der Waals surface area contributed by atoms with Crippen LogP contribution < -0.4 is 5.32 Å². The molecular formula is C14H17F3N4OS. The van der Waals surface area contributed by atoms with Crippen LogP contribution in [0.1, 0.15) is 42.1 Å². The molecule has 0 radical (unpaired) electrons. The summed E-state index contributed by atoms with van der Waals surface area (Å²) in [5, 5.41) is 8.04. The Balaban J connectivity index is 1.93. The summed E-state index contributed by atoms with van der Waals surface area (Å²) in [5.41, 5.74) is 0.0801. The predicted molar refractivity (Wildman–Crippen MR) is 79.9 cm³/mol. The first-order valence-corrected chi connectivity index (χ1v) is 7.98. The number of halogens is 3. The molecular weight excluding hydrogens is 329 g/mol. The van der Waals surface area contributed by atoms with Gasteiger partial charge in [-0.1, -0.05) is 6.92 Å². The molecule has 23 heavy (non-hydrogen) atoms. The van der Waals surface area contributed by atoms with Gasteiger partial charge in [0.25, 0.3) is 0 Å². The van der Waals surface area contributed by atoms with Gasteiger partial charge < -0.3 is 5.32 Å². The van der Waals surface area contributed by atoms with Crippen LogP contribution in [0.15, 0.2) is 17.8 Å². The second-order valence-corrected chi connectivity index (χ2v) is 6.02. The fraction of sp³-hybridized carbons (Fsp3) is 0.500. The van der Waals surface area contributed by atoms with E-state index in [-0.39, 0.29) is 17.3 Å². The number of carbonyl (C=O) groups is 1. The van der Waals surface area contributed by atoms with Gasteiger partial charge in [0, 0.05) is 24.5 Å². The highest BCUT2D eigenvalue weighted by Crippen LogP contribution is 2.32. The van der Waals surface area contributed by atoms with Gasteiger partial charge in [0.15, 0.2) is 5.69 Å². The first kappa shape index (κ1) is 17.5. The van der Waals surface area contributed by atoms with Crippen LogP contribution >= 0.6 is 11.3 Å². The Morgan fingerprint density at radius 3 is 2.74 bits per heavy atom. The van der Waals surface area contributed by atoms with Crippen LogP contribution in [0.3, 0.4) is 0 Å². The Kier molecular flexibility index (Phi) is 5.40. The van der Waals surface area contributed by atoms with Crippen LogP contribution in [0, 0.1) is 6.92 Å². The van der Waals surface area contributed by atoms with Crippen molar-refractivity contribution in [3.63, 3.8) is 0 Å². The van der Waals surface area contributed by atoms with E-state index < -0.39 is 17.9 Å². The number of thiazole rings is 1. The predicted octanol–water partition coefficient (Wildman–Crippen LogP) is 3.32. The van der Waals surface area contributed by atoms with Crippen LogP contribution in [0.25, 0.3) is 0 Å². The van der Waals surface area contributed by atoms with E-state index in [1.807, 2.05) is 13.1 Å². The monoisotopic (exact) mass is 346 g/mol. The maximum Gasteiger partial charge on any atom is 0.434 e. The van der Waals surface area contributed by atoms with Crippen molar-refractivity contribution in [3.05, 3.63) is 34.0 Å². The average molecular weight is 346 g/mol. The number of alkyl halides is 3. The van der Waals surface area contributed by atoms with Crippen molar-refractivity contribution >= 4 is 17.2 Å². The lowest BCUT2D eigenvalue weighted by Gasteiger charge is -2.14. The fourth-order valence-corrected chi connectivity index (χ4v) is 2.95. The number of amides is 1. The van der Waals surface area contributed by atoms with Crippen molar-refractivity contribution in [2.24, 2.45) is 0 Å². The number of nitrogens with one attached hydrogen (secondary N) is 1. The largest absolute Gasteiger partial charge is 0.434 e. The van der Waals surface area contributed by atoms with Crippen molar-refractivity contribution in [2.45, 2.75) is 45.5 Å². The third kappa shape index (κ3) is 4.78. The summed E-state index contributed by atoms with van der Waals surface area (Å²) < 4.78 is 39.4. The highest BCUT2D eigenvalue weighted by atomic mass is 32.1. The number of aryl methyl sites for hydroxylation is 2. The number of nitrogens with zero attached hydrogens (tertiary/aromatic N) is 3. The lowest BCUT2D eigenvalue weighted by Crippen LogP contribution is -2.29. The summed E-state index contributed by atoms with van der Waals surface area (Å²) in [5.74, 6) is -0.242. The van der Waals surface area contributed by atoms with Crippen LogP contribution in [0.2, 0.25) is 0 Å². The van der Waals surface area contributed by atoms with Crippen LogP contribution in [0.4, 0.5) is 13.2 Å². The molecule has 1 amide bonds. The van der Waals surface area contributed by atoms with E-state index in [9.17, 15) is 18.0 Å². The third-order valence-electron chi connectivity index (χ3n) is 3.18. The zero-order valence-electron chi connectivity index (χ0n) is 12.7. The second kappa shape index (κ2) is 7.12. The minimum absolute atomic E-state index is 0.203. The highest BCUT2D eigenvalue weighted by Gasteiger charge is 2.34. The topological polar surface area (TPSA) is 59.8 Å². The first-order valence-electron chi connectivity index (χ1n) is 7.10. The molecule has 0 spiro atoms. The van der Waals surface area contributed by atoms with Gasteiger partial charge in [-0.25, -0.2) is 4.98 Å². The summed E-state index contributed by atoms with van der Waals surface area (Å²) in [4.78, 5) is 15.6. The molecule has 0 aromatic carbocycles. The molecule has 1 N–H and O–H groups in total. The van der Waals surface area contributed by atoms with Crippen molar-refractivity contribution < 1.29 is 18.0 Å². The minimum Gasteiger partial charge on any atom is -0.347 e. The molecule has 2 heterocycles. The standard InChI is InChI=1S/C14H17F3N4OS/c1-3-10(13-20-11(8-23-13)14(15,16)17)19-12(22)4-5-21-7-9(2)6-18-21/h6-8,10H,3-5H2,1-2H3,(H,19,22)/t10-/m1/s1. The first-order chi connectivity index (χ1) is 10.8. The quantitative estimate of drug-likeness (QED) is 0.873. The van der Waals surface area contributed by atoms with Crippen LogP contribution in [0.5, 0.6) is 0 Å². The molecule has 0 aliphatic rings. The maximum atomic E-state index is 12.6. The normalized spacial score (nSPS) is 13.1. The highest BCUT2D eigenvalue weighted by molar-refractivity contribution is 7.09. The van der Waals surface area contributed by atoms with E-state index in [2.05, 4.69) is 15.4 Å². The molecule has 2 aromatic rings. The Hall–Kier alpha value is -1.90. The summed E-state index contributed by atoms with van der Waals surface area (Å²) in [6.45, 7) is 4.11. The zero-order valence-corrected chi connectivity index (χ0v) is 13.5. The second-order valence-electron chi connectivity index (χ2n) is 5.13. The number of rotatable bonds is 6. The molecule has 5 nitrogen and oxygen atoms in total. The van der Waals surface area contributed by atoms with Gasteiger partial charge in [0.1, 0.15) is 5.01 Å². The van der Waals surface area contributed by atoms with E-state index in [1.165, 1.54) is 0 Å². The van der Waals surface area contributed by atoms with Crippen LogP contribution in [-0.4, -0.2) is 20.7 Å². The van der Waals surface area contributed by atoms with E-state index in [1.54, 1.807) is 17.8 Å². The van der Waals surface area contributed by atoms with Gasteiger partial charge in [-0.05, 0) is 18.9 Å². The number of hydrogen-bond acceptors (Lipinski definition) is 4. The Morgan fingerprint density at radius 2 is 2.22 bits per heavy atom. The van der Waals surface area contributed by atoms with Gasteiger partial charge in [-0.15, -0.1) is 11.3 Å². The Morgan fingerprint density at radius 1 is 1.48 bits per heavy atom. The molecule has 126 valence electrons. The number of carbonyl (C=O) groups excluding carboxylic acids is 1. The molecule has 0 aliphatic heterocycles. The van der Waals surface area contributed by atoms with E-state index in [0.717, 1.165) is 22.3 Å². The van der Waals surface area contributed by atoms with Gasteiger partial charge in [-0.3, -0.25) is 9.48 Å². The van der Waals surface area contributed by atoms with Crippen molar-refractivity contribution in [2.75, 3.05) is 0 Å². The van der Waals surface area contributed by atoms with Gasteiger partial charge in [0.2, 0.25) is 5.91 Å². The van der Waals surface area contributed by atoms with Gasteiger partial charge in [-0.2, -0.15) is 18.3 Å². The van der Waals surface area contributed by atoms with E-state index in [4.69, 9.17) is 0 Å². The fourth-order valence-electron chi connectivity index (χ4n) is 1.99. The summed E-state index contributed by atoms with van der Waals surface area (Å²) in [7, 11) is 0. The number of hydrogen-bond donors (Lipinski definition) is 1. The summed E-state index contributed by atoms with van der Waals surface area (Å²) >= 11 is 0.906.